The quantitative estimate of drug-likeness (QED) is 0.619. The van der Waals surface area contributed by atoms with Crippen LogP contribution in [0.3, 0.4) is 0 Å². The topological polar surface area (TPSA) is 91.7 Å². The second-order valence-electron chi connectivity index (χ2n) is 6.13. The number of anilines is 1. The van der Waals surface area contributed by atoms with E-state index in [1.54, 1.807) is 53.3 Å². The monoisotopic (exact) mass is 395 g/mol. The van der Waals surface area contributed by atoms with Crippen molar-refractivity contribution in [3.05, 3.63) is 66.0 Å². The van der Waals surface area contributed by atoms with Gasteiger partial charge in [-0.05, 0) is 49.4 Å². The Hall–Kier alpha value is -3.81. The van der Waals surface area contributed by atoms with Gasteiger partial charge in [0.25, 0.3) is 5.91 Å². The molecule has 29 heavy (non-hydrogen) atoms. The van der Waals surface area contributed by atoms with Gasteiger partial charge in [-0.2, -0.15) is 5.10 Å². The van der Waals surface area contributed by atoms with Crippen LogP contribution in [0.4, 0.5) is 5.69 Å². The number of esters is 1. The van der Waals surface area contributed by atoms with E-state index in [1.807, 2.05) is 13.0 Å². The molecule has 150 valence electrons. The number of hydrogen-bond acceptors (Lipinski definition) is 6. The molecule has 0 atom stereocenters. The highest BCUT2D eigenvalue weighted by atomic mass is 16.5. The summed E-state index contributed by atoms with van der Waals surface area (Å²) in [6.45, 7) is 1.53. The summed E-state index contributed by atoms with van der Waals surface area (Å²) in [6.07, 6.45) is 1.70. The van der Waals surface area contributed by atoms with Crippen molar-refractivity contribution in [3.8, 4) is 17.2 Å². The van der Waals surface area contributed by atoms with E-state index in [4.69, 9.17) is 14.2 Å². The number of nitrogens with zero attached hydrogens (tertiary/aromatic N) is 2. The number of amides is 1. The molecule has 0 saturated carbocycles. The molecule has 0 radical (unpaired) electrons. The van der Waals surface area contributed by atoms with Crippen molar-refractivity contribution in [3.63, 3.8) is 0 Å². The first-order valence-corrected chi connectivity index (χ1v) is 8.82. The van der Waals surface area contributed by atoms with Crippen LogP contribution in [0.25, 0.3) is 5.69 Å². The molecular weight excluding hydrogens is 374 g/mol. The molecule has 8 nitrogen and oxygen atoms in total. The van der Waals surface area contributed by atoms with Gasteiger partial charge in [0, 0.05) is 23.6 Å². The molecular formula is C21H21N3O5. The number of methoxy groups -OCH3 is 2. The standard InChI is InChI=1S/C21H21N3O5/c1-14-10-11-22-24(14)17-7-4-15(5-8-17)21(26)29-13-20(25)23-16-6-9-18(27-2)19(12-16)28-3/h4-12H,13H2,1-3H3,(H,23,25). The number of carbonyl (C=O) groups excluding carboxylic acids is 2. The molecule has 1 aromatic heterocycles. The Bertz CT molecular complexity index is 1010. The second kappa shape index (κ2) is 8.92. The summed E-state index contributed by atoms with van der Waals surface area (Å²) in [6, 6.07) is 13.6. The molecule has 1 amide bonds. The van der Waals surface area contributed by atoms with Gasteiger partial charge in [0.05, 0.1) is 25.5 Å². The molecule has 0 aliphatic heterocycles. The van der Waals surface area contributed by atoms with Crippen molar-refractivity contribution in [2.45, 2.75) is 6.92 Å². The van der Waals surface area contributed by atoms with Crippen molar-refractivity contribution in [2.75, 3.05) is 26.1 Å². The summed E-state index contributed by atoms with van der Waals surface area (Å²) in [5.41, 5.74) is 2.66. The highest BCUT2D eigenvalue weighted by Crippen LogP contribution is 2.29. The fourth-order valence-corrected chi connectivity index (χ4v) is 2.70. The van der Waals surface area contributed by atoms with Crippen molar-refractivity contribution in [2.24, 2.45) is 0 Å². The van der Waals surface area contributed by atoms with Crippen molar-refractivity contribution in [1.29, 1.82) is 0 Å². The smallest absolute Gasteiger partial charge is 0.338 e. The Morgan fingerprint density at radius 3 is 2.34 bits per heavy atom. The van der Waals surface area contributed by atoms with Crippen LogP contribution in [-0.4, -0.2) is 42.5 Å². The maximum Gasteiger partial charge on any atom is 0.338 e. The molecule has 0 fully saturated rings. The lowest BCUT2D eigenvalue weighted by molar-refractivity contribution is -0.119. The SMILES string of the molecule is COc1ccc(NC(=O)COC(=O)c2ccc(-n3nccc3C)cc2)cc1OC. The van der Waals surface area contributed by atoms with Gasteiger partial charge in [0.2, 0.25) is 0 Å². The number of aryl methyl sites for hydroxylation is 1. The number of ether oxygens (including phenoxy) is 3. The van der Waals surface area contributed by atoms with E-state index in [-0.39, 0.29) is 0 Å². The second-order valence-corrected chi connectivity index (χ2v) is 6.13. The van der Waals surface area contributed by atoms with Crippen molar-refractivity contribution < 1.29 is 23.8 Å². The lowest BCUT2D eigenvalue weighted by atomic mass is 10.2. The number of benzene rings is 2. The van der Waals surface area contributed by atoms with Gasteiger partial charge in [-0.15, -0.1) is 0 Å². The average Bonchev–Trinajstić information content (AvgIpc) is 3.17. The van der Waals surface area contributed by atoms with Crippen LogP contribution in [0.1, 0.15) is 16.1 Å². The normalized spacial score (nSPS) is 10.3. The van der Waals surface area contributed by atoms with Crippen LogP contribution in [0.15, 0.2) is 54.7 Å². The molecule has 0 spiro atoms. The van der Waals surface area contributed by atoms with E-state index >= 15 is 0 Å². The molecule has 2 aromatic carbocycles. The summed E-state index contributed by atoms with van der Waals surface area (Å²) in [7, 11) is 3.03. The lowest BCUT2D eigenvalue weighted by Gasteiger charge is -2.11. The molecule has 1 N–H and O–H groups in total. The predicted molar refractivity (Wildman–Crippen MR) is 107 cm³/mol. The third kappa shape index (κ3) is 4.73. The Morgan fingerprint density at radius 1 is 1.00 bits per heavy atom. The van der Waals surface area contributed by atoms with Crippen LogP contribution in [0.5, 0.6) is 11.5 Å². The Morgan fingerprint density at radius 2 is 1.72 bits per heavy atom. The van der Waals surface area contributed by atoms with E-state index in [0.717, 1.165) is 11.4 Å². The van der Waals surface area contributed by atoms with Gasteiger partial charge in [-0.25, -0.2) is 9.48 Å². The summed E-state index contributed by atoms with van der Waals surface area (Å²) >= 11 is 0. The zero-order valence-corrected chi connectivity index (χ0v) is 16.3. The number of carbonyl (C=O) groups is 2. The number of aromatic nitrogens is 2. The predicted octanol–water partition coefficient (Wildman–Crippen LogP) is 2.99. The Labute approximate surface area is 168 Å². The van der Waals surface area contributed by atoms with E-state index in [0.29, 0.717) is 22.7 Å². The highest BCUT2D eigenvalue weighted by molar-refractivity contribution is 5.95. The third-order valence-corrected chi connectivity index (χ3v) is 4.18. The summed E-state index contributed by atoms with van der Waals surface area (Å²) in [5, 5.41) is 6.86. The van der Waals surface area contributed by atoms with Gasteiger partial charge in [-0.3, -0.25) is 4.79 Å². The van der Waals surface area contributed by atoms with Crippen LogP contribution in [-0.2, 0) is 9.53 Å². The van der Waals surface area contributed by atoms with E-state index in [2.05, 4.69) is 10.4 Å². The largest absolute Gasteiger partial charge is 0.493 e. The zero-order valence-electron chi connectivity index (χ0n) is 16.3. The molecule has 0 aliphatic carbocycles. The van der Waals surface area contributed by atoms with Crippen molar-refractivity contribution in [1.82, 2.24) is 9.78 Å². The first-order chi connectivity index (χ1) is 14.0. The average molecular weight is 395 g/mol. The van der Waals surface area contributed by atoms with Gasteiger partial charge in [0.15, 0.2) is 18.1 Å². The summed E-state index contributed by atoms with van der Waals surface area (Å²) in [4.78, 5) is 24.3. The first kappa shape index (κ1) is 19.9. The summed E-state index contributed by atoms with van der Waals surface area (Å²) in [5.74, 6) is -0.0222. The van der Waals surface area contributed by atoms with E-state index in [9.17, 15) is 9.59 Å². The molecule has 8 heteroatoms. The van der Waals surface area contributed by atoms with Crippen LogP contribution < -0.4 is 14.8 Å². The number of hydrogen-bond donors (Lipinski definition) is 1. The van der Waals surface area contributed by atoms with Crippen LogP contribution >= 0.6 is 0 Å². The van der Waals surface area contributed by atoms with Gasteiger partial charge >= 0.3 is 5.97 Å². The van der Waals surface area contributed by atoms with Gasteiger partial charge in [-0.1, -0.05) is 0 Å². The van der Waals surface area contributed by atoms with Gasteiger partial charge in [0.1, 0.15) is 0 Å². The molecule has 3 rings (SSSR count). The van der Waals surface area contributed by atoms with Gasteiger partial charge < -0.3 is 19.5 Å². The summed E-state index contributed by atoms with van der Waals surface area (Å²) < 4.78 is 17.2. The Balaban J connectivity index is 1.56. The number of nitrogens with one attached hydrogen (secondary N) is 1. The molecule has 1 heterocycles. The van der Waals surface area contributed by atoms with Crippen molar-refractivity contribution >= 4 is 17.6 Å². The van der Waals surface area contributed by atoms with E-state index < -0.39 is 18.5 Å². The minimum absolute atomic E-state index is 0.345. The minimum Gasteiger partial charge on any atom is -0.493 e. The first-order valence-electron chi connectivity index (χ1n) is 8.82. The maximum atomic E-state index is 12.2. The van der Waals surface area contributed by atoms with E-state index in [1.165, 1.54) is 14.2 Å². The fraction of sp³-hybridized carbons (Fsp3) is 0.190. The molecule has 0 saturated heterocycles. The molecule has 3 aromatic rings. The number of rotatable bonds is 7. The molecule has 0 bridgehead atoms. The van der Waals surface area contributed by atoms with Crippen LogP contribution in [0.2, 0.25) is 0 Å². The van der Waals surface area contributed by atoms with Crippen LogP contribution in [0, 0.1) is 6.92 Å². The third-order valence-electron chi connectivity index (χ3n) is 4.18. The highest BCUT2D eigenvalue weighted by Gasteiger charge is 2.12. The zero-order chi connectivity index (χ0) is 20.8. The molecule has 0 unspecified atom stereocenters. The lowest BCUT2D eigenvalue weighted by Crippen LogP contribution is -2.21. The maximum absolute atomic E-state index is 12.2. The Kier molecular flexibility index (Phi) is 6.13. The fourth-order valence-electron chi connectivity index (χ4n) is 2.70. The minimum atomic E-state index is -0.587. The molecule has 0 aliphatic rings.